The van der Waals surface area contributed by atoms with Crippen molar-refractivity contribution in [3.8, 4) is 21.9 Å². The van der Waals surface area contributed by atoms with Crippen molar-refractivity contribution in [2.75, 3.05) is 5.32 Å². The largest absolute Gasteiger partial charge is 0.451 e. The molecule has 2 heterocycles. The zero-order valence-corrected chi connectivity index (χ0v) is 18.1. The molecular formula is C25H17ClN2O2S. The van der Waals surface area contributed by atoms with E-state index < -0.39 is 0 Å². The van der Waals surface area contributed by atoms with E-state index in [4.69, 9.17) is 21.0 Å². The summed E-state index contributed by atoms with van der Waals surface area (Å²) in [6, 6.07) is 24.7. The average Bonchev–Trinajstić information content (AvgIpc) is 3.43. The van der Waals surface area contributed by atoms with Gasteiger partial charge in [-0.3, -0.25) is 4.79 Å². The third-order valence-electron chi connectivity index (χ3n) is 4.95. The molecule has 2 aromatic heterocycles. The van der Waals surface area contributed by atoms with Gasteiger partial charge in [-0.2, -0.15) is 0 Å². The Kier molecular flexibility index (Phi) is 5.06. The Morgan fingerprint density at radius 2 is 1.84 bits per heavy atom. The number of benzene rings is 3. The van der Waals surface area contributed by atoms with E-state index in [9.17, 15) is 4.79 Å². The van der Waals surface area contributed by atoms with Crippen LogP contribution in [0.5, 0.6) is 0 Å². The van der Waals surface area contributed by atoms with Gasteiger partial charge in [0, 0.05) is 21.8 Å². The Labute approximate surface area is 188 Å². The Hall–Kier alpha value is -3.41. The number of amides is 1. The number of halogens is 1. The second kappa shape index (κ2) is 8.02. The Balaban J connectivity index is 1.36. The third kappa shape index (κ3) is 3.98. The monoisotopic (exact) mass is 444 g/mol. The number of nitrogens with one attached hydrogen (secondary N) is 1. The first kappa shape index (κ1) is 19.5. The van der Waals surface area contributed by atoms with Gasteiger partial charge in [-0.25, -0.2) is 4.98 Å². The van der Waals surface area contributed by atoms with E-state index in [0.717, 1.165) is 37.6 Å². The molecule has 0 unspecified atom stereocenters. The summed E-state index contributed by atoms with van der Waals surface area (Å²) >= 11 is 7.70. The molecule has 0 bridgehead atoms. The molecule has 5 aromatic rings. The van der Waals surface area contributed by atoms with Crippen LogP contribution in [0.2, 0.25) is 5.02 Å². The number of furan rings is 1. The molecule has 0 aliphatic heterocycles. The van der Waals surface area contributed by atoms with Crippen molar-refractivity contribution in [2.45, 2.75) is 6.92 Å². The van der Waals surface area contributed by atoms with Gasteiger partial charge in [-0.1, -0.05) is 35.9 Å². The van der Waals surface area contributed by atoms with Crippen molar-refractivity contribution in [3.05, 3.63) is 95.2 Å². The molecule has 152 valence electrons. The molecule has 0 saturated carbocycles. The van der Waals surface area contributed by atoms with Crippen LogP contribution >= 0.6 is 22.9 Å². The fourth-order valence-electron chi connectivity index (χ4n) is 3.37. The highest BCUT2D eigenvalue weighted by atomic mass is 35.5. The summed E-state index contributed by atoms with van der Waals surface area (Å²) in [4.78, 5) is 17.4. The predicted octanol–water partition coefficient (Wildman–Crippen LogP) is 7.44. The van der Waals surface area contributed by atoms with Crippen LogP contribution in [0.4, 0.5) is 5.69 Å². The van der Waals surface area contributed by atoms with Crippen molar-refractivity contribution in [1.82, 2.24) is 4.98 Å². The lowest BCUT2D eigenvalue weighted by atomic mass is 10.1. The minimum absolute atomic E-state index is 0.240. The molecule has 1 N–H and O–H groups in total. The van der Waals surface area contributed by atoms with Crippen molar-refractivity contribution >= 4 is 44.7 Å². The maximum Gasteiger partial charge on any atom is 0.291 e. The summed E-state index contributed by atoms with van der Waals surface area (Å²) < 4.78 is 6.90. The van der Waals surface area contributed by atoms with E-state index in [2.05, 4.69) is 11.4 Å². The number of hydrogen-bond acceptors (Lipinski definition) is 4. The van der Waals surface area contributed by atoms with Gasteiger partial charge in [0.15, 0.2) is 5.76 Å². The molecular weight excluding hydrogens is 428 g/mol. The lowest BCUT2D eigenvalue weighted by Crippen LogP contribution is -2.11. The van der Waals surface area contributed by atoms with Crippen LogP contribution in [0.25, 0.3) is 32.1 Å². The number of nitrogens with zero attached hydrogens (tertiary/aromatic N) is 1. The second-order valence-corrected chi connectivity index (χ2v) is 8.61. The van der Waals surface area contributed by atoms with Gasteiger partial charge >= 0.3 is 0 Å². The SMILES string of the molecule is Cc1cc(-c2nc3ccccc3s2)ccc1NC(=O)c1ccc(-c2cccc(Cl)c2)o1. The fourth-order valence-corrected chi connectivity index (χ4v) is 4.53. The molecule has 0 radical (unpaired) electrons. The first-order valence-electron chi connectivity index (χ1n) is 9.70. The van der Waals surface area contributed by atoms with Crippen LogP contribution in [0.15, 0.2) is 83.3 Å². The van der Waals surface area contributed by atoms with Crippen LogP contribution < -0.4 is 5.32 Å². The molecule has 0 aliphatic carbocycles. The van der Waals surface area contributed by atoms with Crippen LogP contribution in [-0.2, 0) is 0 Å². The topological polar surface area (TPSA) is 55.1 Å². The van der Waals surface area contributed by atoms with E-state index in [1.807, 2.05) is 55.5 Å². The molecule has 3 aromatic carbocycles. The number of aryl methyl sites for hydroxylation is 1. The minimum Gasteiger partial charge on any atom is -0.451 e. The maximum absolute atomic E-state index is 12.7. The summed E-state index contributed by atoms with van der Waals surface area (Å²) in [6.07, 6.45) is 0. The van der Waals surface area contributed by atoms with Crippen LogP contribution in [-0.4, -0.2) is 10.9 Å². The molecule has 5 rings (SSSR count). The van der Waals surface area contributed by atoms with E-state index in [-0.39, 0.29) is 11.7 Å². The molecule has 0 spiro atoms. The highest BCUT2D eigenvalue weighted by Gasteiger charge is 2.15. The average molecular weight is 445 g/mol. The first-order chi connectivity index (χ1) is 15.1. The van der Waals surface area contributed by atoms with Gasteiger partial charge in [-0.05, 0) is 67.1 Å². The Morgan fingerprint density at radius 3 is 2.65 bits per heavy atom. The van der Waals surface area contributed by atoms with E-state index in [0.29, 0.717) is 10.8 Å². The number of anilines is 1. The maximum atomic E-state index is 12.7. The number of carbonyl (C=O) groups excluding carboxylic acids is 1. The number of para-hydroxylation sites is 1. The fraction of sp³-hybridized carbons (Fsp3) is 0.0400. The van der Waals surface area contributed by atoms with Crippen LogP contribution in [0, 0.1) is 6.92 Å². The predicted molar refractivity (Wildman–Crippen MR) is 127 cm³/mol. The summed E-state index contributed by atoms with van der Waals surface area (Å²) in [5.74, 6) is 0.532. The molecule has 31 heavy (non-hydrogen) atoms. The van der Waals surface area contributed by atoms with Crippen molar-refractivity contribution < 1.29 is 9.21 Å². The summed E-state index contributed by atoms with van der Waals surface area (Å²) in [6.45, 7) is 1.96. The molecule has 0 atom stereocenters. The van der Waals surface area contributed by atoms with Gasteiger partial charge in [0.05, 0.1) is 10.2 Å². The Morgan fingerprint density at radius 1 is 0.968 bits per heavy atom. The molecule has 0 aliphatic rings. The normalized spacial score (nSPS) is 11.0. The number of thiazole rings is 1. The number of aromatic nitrogens is 1. The Bertz CT molecular complexity index is 1390. The molecule has 0 fully saturated rings. The lowest BCUT2D eigenvalue weighted by Gasteiger charge is -2.08. The van der Waals surface area contributed by atoms with Crippen LogP contribution in [0.1, 0.15) is 16.1 Å². The highest BCUT2D eigenvalue weighted by Crippen LogP contribution is 2.32. The number of hydrogen-bond donors (Lipinski definition) is 1. The van der Waals surface area contributed by atoms with Crippen LogP contribution in [0.3, 0.4) is 0 Å². The van der Waals surface area contributed by atoms with Crippen molar-refractivity contribution in [1.29, 1.82) is 0 Å². The lowest BCUT2D eigenvalue weighted by molar-refractivity contribution is 0.0997. The van der Waals surface area contributed by atoms with Crippen molar-refractivity contribution in [3.63, 3.8) is 0 Å². The minimum atomic E-state index is -0.302. The molecule has 6 heteroatoms. The third-order valence-corrected chi connectivity index (χ3v) is 6.27. The first-order valence-corrected chi connectivity index (χ1v) is 10.9. The summed E-state index contributed by atoms with van der Waals surface area (Å²) in [5.41, 5.74) is 4.52. The number of carbonyl (C=O) groups is 1. The summed E-state index contributed by atoms with van der Waals surface area (Å²) in [5, 5.41) is 4.50. The number of rotatable bonds is 4. The standard InChI is InChI=1S/C25H17ClN2O2S/c1-15-13-17(25-28-20-7-2-3-8-23(20)31-25)9-10-19(15)27-24(29)22-12-11-21(30-22)16-5-4-6-18(26)14-16/h2-14H,1H3,(H,27,29). The highest BCUT2D eigenvalue weighted by molar-refractivity contribution is 7.21. The van der Waals surface area contributed by atoms with E-state index >= 15 is 0 Å². The molecule has 1 amide bonds. The summed E-state index contributed by atoms with van der Waals surface area (Å²) in [7, 11) is 0. The molecule has 4 nitrogen and oxygen atoms in total. The smallest absolute Gasteiger partial charge is 0.291 e. The van der Waals surface area contributed by atoms with Gasteiger partial charge in [-0.15, -0.1) is 11.3 Å². The number of fused-ring (bicyclic) bond motifs is 1. The van der Waals surface area contributed by atoms with Gasteiger partial charge in [0.1, 0.15) is 10.8 Å². The zero-order chi connectivity index (χ0) is 21.4. The van der Waals surface area contributed by atoms with Gasteiger partial charge in [0.2, 0.25) is 0 Å². The van der Waals surface area contributed by atoms with Crippen molar-refractivity contribution in [2.24, 2.45) is 0 Å². The zero-order valence-electron chi connectivity index (χ0n) is 16.6. The van der Waals surface area contributed by atoms with E-state index in [1.54, 1.807) is 35.6 Å². The second-order valence-electron chi connectivity index (χ2n) is 7.14. The van der Waals surface area contributed by atoms with Gasteiger partial charge in [0.25, 0.3) is 5.91 Å². The molecule has 0 saturated heterocycles. The van der Waals surface area contributed by atoms with E-state index in [1.165, 1.54) is 0 Å². The van der Waals surface area contributed by atoms with Gasteiger partial charge < -0.3 is 9.73 Å². The quantitative estimate of drug-likeness (QED) is 0.313.